The number of nitro benzene ring substituents is 1. The van der Waals surface area contributed by atoms with Gasteiger partial charge in [-0.3, -0.25) is 14.8 Å². The number of anilines is 1. The van der Waals surface area contributed by atoms with E-state index in [0.717, 1.165) is 0 Å². The summed E-state index contributed by atoms with van der Waals surface area (Å²) in [5.41, 5.74) is 1.26. The normalized spacial score (nSPS) is 10.4. The second-order valence-electron chi connectivity index (χ2n) is 3.97. The highest BCUT2D eigenvalue weighted by molar-refractivity contribution is 6.33. The highest BCUT2D eigenvalue weighted by atomic mass is 35.5. The summed E-state index contributed by atoms with van der Waals surface area (Å²) in [6.45, 7) is 2.91. The van der Waals surface area contributed by atoms with Crippen molar-refractivity contribution in [3.05, 3.63) is 45.2 Å². The van der Waals surface area contributed by atoms with Gasteiger partial charge in [0.05, 0.1) is 28.4 Å². The Labute approximate surface area is 114 Å². The third-order valence-electron chi connectivity index (χ3n) is 2.61. The predicted molar refractivity (Wildman–Crippen MR) is 71.4 cm³/mol. The zero-order chi connectivity index (χ0) is 13.8. The Bertz CT molecular complexity index is 585. The smallest absolute Gasteiger partial charge is 0.273 e. The summed E-state index contributed by atoms with van der Waals surface area (Å²) in [7, 11) is 0. The Balaban J connectivity index is 2.04. The monoisotopic (exact) mass is 281 g/mol. The van der Waals surface area contributed by atoms with E-state index in [1.54, 1.807) is 30.1 Å². The molecule has 7 nitrogen and oxygen atoms in total. The molecule has 0 saturated heterocycles. The average Bonchev–Trinajstić information content (AvgIpc) is 2.85. The number of aromatic nitrogens is 3. The first-order valence-corrected chi connectivity index (χ1v) is 5.98. The lowest BCUT2D eigenvalue weighted by Gasteiger charge is -2.09. The molecule has 19 heavy (non-hydrogen) atoms. The zero-order valence-electron chi connectivity index (χ0n) is 10.2. The van der Waals surface area contributed by atoms with Crippen LogP contribution in [0.25, 0.3) is 0 Å². The van der Waals surface area contributed by atoms with Gasteiger partial charge in [0.1, 0.15) is 0 Å². The molecule has 1 N–H and O–H groups in total. The number of aryl methyl sites for hydroxylation is 1. The highest BCUT2D eigenvalue weighted by Crippen LogP contribution is 2.30. The fourth-order valence-corrected chi connectivity index (χ4v) is 1.89. The van der Waals surface area contributed by atoms with Crippen molar-refractivity contribution < 1.29 is 4.92 Å². The number of nitrogens with one attached hydrogen (secondary N) is 1. The lowest BCUT2D eigenvalue weighted by molar-refractivity contribution is -0.385. The third-order valence-corrected chi connectivity index (χ3v) is 2.92. The van der Waals surface area contributed by atoms with Gasteiger partial charge in [-0.1, -0.05) is 16.8 Å². The van der Waals surface area contributed by atoms with E-state index in [1.165, 1.54) is 6.07 Å². The first-order valence-electron chi connectivity index (χ1n) is 5.60. The van der Waals surface area contributed by atoms with Crippen molar-refractivity contribution in [2.45, 2.75) is 13.5 Å². The van der Waals surface area contributed by atoms with Gasteiger partial charge in [-0.25, -0.2) is 0 Å². The fourth-order valence-electron chi connectivity index (χ4n) is 1.66. The van der Waals surface area contributed by atoms with Crippen LogP contribution in [0.5, 0.6) is 0 Å². The maximum Gasteiger partial charge on any atom is 0.273 e. The Morgan fingerprint density at radius 2 is 2.32 bits per heavy atom. The summed E-state index contributed by atoms with van der Waals surface area (Å²) in [6.07, 6.45) is 3.35. The van der Waals surface area contributed by atoms with Crippen molar-refractivity contribution in [3.63, 3.8) is 0 Å². The lowest BCUT2D eigenvalue weighted by atomic mass is 10.2. The molecule has 0 bridgehead atoms. The van der Waals surface area contributed by atoms with Gasteiger partial charge >= 0.3 is 0 Å². The van der Waals surface area contributed by atoms with Crippen LogP contribution < -0.4 is 5.32 Å². The number of halogens is 1. The van der Waals surface area contributed by atoms with Crippen LogP contribution in [0.15, 0.2) is 24.5 Å². The number of hydrogen-bond donors (Lipinski definition) is 1. The maximum absolute atomic E-state index is 10.8. The Morgan fingerprint density at radius 3 is 2.95 bits per heavy atom. The van der Waals surface area contributed by atoms with E-state index < -0.39 is 4.92 Å². The van der Waals surface area contributed by atoms with Gasteiger partial charge in [0, 0.05) is 24.4 Å². The summed E-state index contributed by atoms with van der Waals surface area (Å²) in [5, 5.41) is 21.7. The topological polar surface area (TPSA) is 85.9 Å². The van der Waals surface area contributed by atoms with Crippen LogP contribution in [0.4, 0.5) is 11.4 Å². The minimum atomic E-state index is -0.444. The molecule has 0 aliphatic rings. The summed E-state index contributed by atoms with van der Waals surface area (Å²) in [5.74, 6) is 0. The molecule has 0 atom stereocenters. The molecule has 0 amide bonds. The van der Waals surface area contributed by atoms with Crippen LogP contribution in [0.1, 0.15) is 5.56 Å². The summed E-state index contributed by atoms with van der Waals surface area (Å²) < 4.78 is 1.68. The van der Waals surface area contributed by atoms with Crippen LogP contribution in [-0.2, 0) is 6.54 Å². The van der Waals surface area contributed by atoms with Gasteiger partial charge in [-0.05, 0) is 13.0 Å². The largest absolute Gasteiger partial charge is 0.382 e. The molecule has 0 radical (unpaired) electrons. The number of benzene rings is 1. The van der Waals surface area contributed by atoms with Gasteiger partial charge in [-0.2, -0.15) is 0 Å². The van der Waals surface area contributed by atoms with Gasteiger partial charge < -0.3 is 5.32 Å². The summed E-state index contributed by atoms with van der Waals surface area (Å²) in [6, 6.07) is 3.02. The first kappa shape index (κ1) is 13.3. The van der Waals surface area contributed by atoms with Gasteiger partial charge in [-0.15, -0.1) is 5.10 Å². The van der Waals surface area contributed by atoms with Gasteiger partial charge in [0.15, 0.2) is 0 Å². The van der Waals surface area contributed by atoms with Crippen molar-refractivity contribution in [1.82, 2.24) is 15.0 Å². The molecule has 2 aromatic rings. The molecule has 1 aromatic carbocycles. The molecule has 0 aliphatic carbocycles. The average molecular weight is 282 g/mol. The van der Waals surface area contributed by atoms with Gasteiger partial charge in [0.2, 0.25) is 0 Å². The molecule has 1 aromatic heterocycles. The maximum atomic E-state index is 10.8. The van der Waals surface area contributed by atoms with E-state index in [4.69, 9.17) is 11.6 Å². The summed E-state index contributed by atoms with van der Waals surface area (Å²) in [4.78, 5) is 10.3. The Hall–Kier alpha value is -2.15. The lowest BCUT2D eigenvalue weighted by Crippen LogP contribution is -2.11. The molecule has 1 heterocycles. The van der Waals surface area contributed by atoms with Crippen molar-refractivity contribution >= 4 is 23.0 Å². The molecule has 0 unspecified atom stereocenters. The summed E-state index contributed by atoms with van der Waals surface area (Å²) >= 11 is 6.00. The Morgan fingerprint density at radius 1 is 1.53 bits per heavy atom. The van der Waals surface area contributed by atoms with Crippen LogP contribution in [0, 0.1) is 17.0 Å². The molecule has 8 heteroatoms. The number of nitrogens with zero attached hydrogens (tertiary/aromatic N) is 4. The van der Waals surface area contributed by atoms with E-state index >= 15 is 0 Å². The van der Waals surface area contributed by atoms with Crippen LogP contribution >= 0.6 is 11.6 Å². The zero-order valence-corrected chi connectivity index (χ0v) is 11.0. The minimum absolute atomic E-state index is 0.0202. The Kier molecular flexibility index (Phi) is 3.96. The molecule has 100 valence electrons. The van der Waals surface area contributed by atoms with Crippen LogP contribution in [0.2, 0.25) is 5.02 Å². The molecule has 0 spiro atoms. The number of rotatable bonds is 5. The fraction of sp³-hybridized carbons (Fsp3) is 0.273. The second-order valence-corrected chi connectivity index (χ2v) is 4.38. The first-order chi connectivity index (χ1) is 9.08. The minimum Gasteiger partial charge on any atom is -0.382 e. The van der Waals surface area contributed by atoms with Gasteiger partial charge in [0.25, 0.3) is 5.69 Å². The standard InChI is InChI=1S/C11H12ClN5O2/c1-8-6-10(9(12)7-11(8)17(18)19)13-2-4-16-5-3-14-15-16/h3,5-7,13H,2,4H2,1H3. The molecular formula is C11H12ClN5O2. The number of hydrogen-bond acceptors (Lipinski definition) is 5. The van der Waals surface area contributed by atoms with E-state index in [1.807, 2.05) is 0 Å². The second kappa shape index (κ2) is 5.66. The highest BCUT2D eigenvalue weighted by Gasteiger charge is 2.14. The van der Waals surface area contributed by atoms with Crippen LogP contribution in [0.3, 0.4) is 0 Å². The third kappa shape index (κ3) is 3.19. The van der Waals surface area contributed by atoms with Crippen molar-refractivity contribution in [2.24, 2.45) is 0 Å². The number of nitro groups is 1. The van der Waals surface area contributed by atoms with E-state index in [2.05, 4.69) is 15.6 Å². The molecule has 2 rings (SSSR count). The molecule has 0 saturated carbocycles. The van der Waals surface area contributed by atoms with E-state index in [0.29, 0.717) is 29.4 Å². The van der Waals surface area contributed by atoms with Crippen molar-refractivity contribution in [2.75, 3.05) is 11.9 Å². The van der Waals surface area contributed by atoms with E-state index in [9.17, 15) is 10.1 Å². The molecule has 0 fully saturated rings. The van der Waals surface area contributed by atoms with E-state index in [-0.39, 0.29) is 5.69 Å². The molecular weight excluding hydrogens is 270 g/mol. The van der Waals surface area contributed by atoms with Crippen molar-refractivity contribution in [3.8, 4) is 0 Å². The SMILES string of the molecule is Cc1cc(NCCn2ccnn2)c(Cl)cc1[N+](=O)[O-]. The van der Waals surface area contributed by atoms with Crippen LogP contribution in [-0.4, -0.2) is 26.5 Å². The quantitative estimate of drug-likeness (QED) is 0.671. The predicted octanol–water partition coefficient (Wildman–Crippen LogP) is 2.26. The molecule has 0 aliphatic heterocycles. The van der Waals surface area contributed by atoms with Crippen molar-refractivity contribution in [1.29, 1.82) is 0 Å².